The van der Waals surface area contributed by atoms with Gasteiger partial charge in [-0.25, -0.2) is 4.79 Å². The van der Waals surface area contributed by atoms with E-state index in [0.29, 0.717) is 24.0 Å². The monoisotopic (exact) mass is 487 g/mol. The number of phenolic OH excluding ortho intramolecular Hbond substituents is 1. The lowest BCUT2D eigenvalue weighted by Crippen LogP contribution is -2.29. The quantitative estimate of drug-likeness (QED) is 0.350. The van der Waals surface area contributed by atoms with Crippen molar-refractivity contribution in [2.45, 2.75) is 18.6 Å². The molecule has 10 heteroatoms. The Kier molecular flexibility index (Phi) is 9.04. The molecule has 2 aromatic carbocycles. The number of hydrogen-bond donors (Lipinski definition) is 3. The number of nitrogens with one attached hydrogen (secondary N) is 1. The van der Waals surface area contributed by atoms with E-state index in [1.54, 1.807) is 36.0 Å². The second-order valence-electron chi connectivity index (χ2n) is 7.63. The first-order valence-corrected chi connectivity index (χ1v) is 12.1. The lowest BCUT2D eigenvalue weighted by molar-refractivity contribution is 0.237. The van der Waals surface area contributed by atoms with Gasteiger partial charge in [0.1, 0.15) is 11.0 Å². The van der Waals surface area contributed by atoms with Gasteiger partial charge in [0.05, 0.1) is 0 Å². The number of thioether (sulfide) groups is 1. The second-order valence-corrected chi connectivity index (χ2v) is 9.49. The molecule has 0 saturated heterocycles. The van der Waals surface area contributed by atoms with Gasteiger partial charge >= 0.3 is 6.03 Å². The smallest absolute Gasteiger partial charge is 0.331 e. The van der Waals surface area contributed by atoms with Crippen LogP contribution in [0.25, 0.3) is 11.5 Å². The highest BCUT2D eigenvalue weighted by molar-refractivity contribution is 7.99. The van der Waals surface area contributed by atoms with Crippen molar-refractivity contribution in [2.75, 3.05) is 38.3 Å². The molecule has 33 heavy (non-hydrogen) atoms. The molecule has 1 atom stereocenters. The van der Waals surface area contributed by atoms with Gasteiger partial charge in [-0.2, -0.15) is 0 Å². The van der Waals surface area contributed by atoms with Crippen molar-refractivity contribution >= 4 is 36.3 Å². The van der Waals surface area contributed by atoms with Gasteiger partial charge in [0.15, 0.2) is 0 Å². The topological polar surface area (TPSA) is 94.7 Å². The van der Waals surface area contributed by atoms with Gasteiger partial charge < -0.3 is 19.7 Å². The predicted molar refractivity (Wildman–Crippen MR) is 136 cm³/mol. The van der Waals surface area contributed by atoms with Crippen LogP contribution in [0.4, 0.5) is 10.5 Å². The molecule has 8 nitrogen and oxygen atoms in total. The fraction of sp³-hybridized carbons (Fsp3) is 0.348. The number of phenols is 1. The summed E-state index contributed by atoms with van der Waals surface area (Å²) in [5.74, 6) is 1.82. The molecule has 176 valence electrons. The molecular formula is C23H29N5O3S2. The molecule has 0 spiro atoms. The maximum Gasteiger partial charge on any atom is 0.331 e. The predicted octanol–water partition coefficient (Wildman–Crippen LogP) is 4.92. The minimum atomic E-state index is -0.285. The lowest BCUT2D eigenvalue weighted by atomic mass is 10.1. The minimum absolute atomic E-state index is 0.197. The third-order valence-corrected chi connectivity index (χ3v) is 6.31. The van der Waals surface area contributed by atoms with Crippen molar-refractivity contribution in [2.24, 2.45) is 0 Å². The number of thiol groups is 1. The van der Waals surface area contributed by atoms with E-state index in [4.69, 9.17) is 4.42 Å². The summed E-state index contributed by atoms with van der Waals surface area (Å²) in [5.41, 5.74) is 2.11. The Morgan fingerprint density at radius 3 is 2.55 bits per heavy atom. The van der Waals surface area contributed by atoms with Gasteiger partial charge in [0.2, 0.25) is 11.8 Å². The molecule has 0 aliphatic rings. The number of nitrogens with zero attached hydrogens (tertiary/aromatic N) is 4. The summed E-state index contributed by atoms with van der Waals surface area (Å²) in [6.07, 6.45) is 0.834. The summed E-state index contributed by atoms with van der Waals surface area (Å²) in [5, 5.41) is 21.2. The Hall–Kier alpha value is -2.69. The molecule has 0 bridgehead atoms. The van der Waals surface area contributed by atoms with Crippen molar-refractivity contribution in [1.29, 1.82) is 0 Å². The van der Waals surface area contributed by atoms with Crippen molar-refractivity contribution in [1.82, 2.24) is 19.4 Å². The second kappa shape index (κ2) is 12.0. The van der Waals surface area contributed by atoms with E-state index in [1.165, 1.54) is 4.31 Å². The van der Waals surface area contributed by atoms with Gasteiger partial charge in [0.25, 0.3) is 0 Å². The number of rotatable bonds is 10. The number of benzene rings is 2. The normalized spacial score (nSPS) is 12.0. The summed E-state index contributed by atoms with van der Waals surface area (Å²) < 4.78 is 7.32. The number of amides is 2. The average molecular weight is 488 g/mol. The van der Waals surface area contributed by atoms with E-state index in [0.717, 1.165) is 29.8 Å². The average Bonchev–Trinajstić information content (AvgIpc) is 3.28. The van der Waals surface area contributed by atoms with Crippen LogP contribution in [-0.2, 0) is 0 Å². The Morgan fingerprint density at radius 2 is 1.88 bits per heavy atom. The van der Waals surface area contributed by atoms with Crippen LogP contribution in [-0.4, -0.2) is 63.5 Å². The van der Waals surface area contributed by atoms with Crippen molar-refractivity contribution in [3.05, 3.63) is 60.0 Å². The molecule has 2 N–H and O–H groups in total. The van der Waals surface area contributed by atoms with Crippen LogP contribution in [0.2, 0.25) is 0 Å². The summed E-state index contributed by atoms with van der Waals surface area (Å²) in [7, 11) is 3.98. The molecule has 1 heterocycles. The fourth-order valence-corrected chi connectivity index (χ4v) is 4.29. The molecule has 3 aromatic rings. The summed E-state index contributed by atoms with van der Waals surface area (Å²) in [6, 6.07) is 14.0. The molecule has 3 rings (SSSR count). The molecule has 1 aromatic heterocycles. The zero-order chi connectivity index (χ0) is 23.8. The van der Waals surface area contributed by atoms with Crippen LogP contribution in [0.5, 0.6) is 5.75 Å². The minimum Gasteiger partial charge on any atom is -0.508 e. The van der Waals surface area contributed by atoms with Crippen LogP contribution in [0.3, 0.4) is 0 Å². The number of carbonyl (C=O) groups is 1. The van der Waals surface area contributed by atoms with Crippen LogP contribution in [0, 0.1) is 0 Å². The first kappa shape index (κ1) is 24.9. The Balaban J connectivity index is 1.67. The van der Waals surface area contributed by atoms with Crippen LogP contribution >= 0.6 is 24.6 Å². The van der Waals surface area contributed by atoms with E-state index < -0.39 is 0 Å². The van der Waals surface area contributed by atoms with Crippen molar-refractivity contribution in [3.63, 3.8) is 0 Å². The number of hydrogen-bond acceptors (Lipinski definition) is 8. The molecule has 0 saturated carbocycles. The van der Waals surface area contributed by atoms with Crippen molar-refractivity contribution < 1.29 is 14.3 Å². The van der Waals surface area contributed by atoms with E-state index in [2.05, 4.69) is 33.2 Å². The molecule has 0 fully saturated rings. The first-order chi connectivity index (χ1) is 15.9. The number of carbonyl (C=O) groups excluding carboxylic acids is 1. The first-order valence-electron chi connectivity index (χ1n) is 10.6. The van der Waals surface area contributed by atoms with E-state index in [-0.39, 0.29) is 17.0 Å². The van der Waals surface area contributed by atoms with E-state index in [1.807, 2.05) is 45.3 Å². The highest BCUT2D eigenvalue weighted by Gasteiger charge is 2.24. The zero-order valence-corrected chi connectivity index (χ0v) is 20.6. The lowest BCUT2D eigenvalue weighted by Gasteiger charge is -2.17. The van der Waals surface area contributed by atoms with Crippen LogP contribution in [0.1, 0.15) is 30.0 Å². The number of aromatic nitrogens is 2. The maximum atomic E-state index is 12.3. The zero-order valence-electron chi connectivity index (χ0n) is 18.9. The molecule has 2 amide bonds. The SMILES string of the molecule is CCSC(c1nnc(-c2ccc(NC(=O)N(S)CCCN(C)C)cc2)o1)c1ccccc1O. The molecule has 0 aliphatic heterocycles. The number of anilines is 1. The van der Waals surface area contributed by atoms with Crippen LogP contribution in [0.15, 0.2) is 52.9 Å². The highest BCUT2D eigenvalue weighted by Crippen LogP contribution is 2.39. The standard InChI is InChI=1S/C23H29N5O3S2/c1-4-33-20(18-8-5-6-9-19(18)29)22-26-25-21(31-22)16-10-12-17(13-11-16)24-23(30)28(32)15-7-14-27(2)3/h5-6,8-13,20,29,32H,4,7,14-15H2,1-3H3,(H,24,30). The van der Waals surface area contributed by atoms with Gasteiger partial charge in [-0.3, -0.25) is 4.31 Å². The fourth-order valence-electron chi connectivity index (χ4n) is 3.15. The molecule has 1 unspecified atom stereocenters. The van der Waals surface area contributed by atoms with Gasteiger partial charge in [-0.15, -0.1) is 22.0 Å². The molecule has 0 aliphatic carbocycles. The van der Waals surface area contributed by atoms with Gasteiger partial charge in [-0.1, -0.05) is 37.9 Å². The Bertz CT molecular complexity index is 1040. The number of urea groups is 1. The third kappa shape index (κ3) is 6.89. The van der Waals surface area contributed by atoms with Gasteiger partial charge in [-0.05, 0) is 63.1 Å². The van der Waals surface area contributed by atoms with Crippen LogP contribution < -0.4 is 5.32 Å². The molecular weight excluding hydrogens is 458 g/mol. The Morgan fingerprint density at radius 1 is 1.15 bits per heavy atom. The summed E-state index contributed by atoms with van der Waals surface area (Å²) in [6.45, 7) is 3.47. The third-order valence-electron chi connectivity index (χ3n) is 4.81. The summed E-state index contributed by atoms with van der Waals surface area (Å²) >= 11 is 5.87. The maximum absolute atomic E-state index is 12.3. The molecule has 0 radical (unpaired) electrons. The number of aromatic hydroxyl groups is 1. The Labute approximate surface area is 203 Å². The van der Waals surface area contributed by atoms with Crippen molar-refractivity contribution in [3.8, 4) is 17.2 Å². The van der Waals surface area contributed by atoms with E-state index >= 15 is 0 Å². The number of para-hydroxylation sites is 1. The summed E-state index contributed by atoms with van der Waals surface area (Å²) in [4.78, 5) is 14.4. The largest absolute Gasteiger partial charge is 0.508 e. The van der Waals surface area contributed by atoms with Gasteiger partial charge in [0, 0.05) is 23.4 Å². The highest BCUT2D eigenvalue weighted by atomic mass is 32.2. The van der Waals surface area contributed by atoms with E-state index in [9.17, 15) is 9.90 Å².